The van der Waals surface area contributed by atoms with Crippen molar-refractivity contribution in [2.45, 2.75) is 39.2 Å². The third kappa shape index (κ3) is 3.66. The molecule has 1 aromatic carbocycles. The molecule has 1 atom stereocenters. The van der Waals surface area contributed by atoms with Crippen molar-refractivity contribution in [2.75, 3.05) is 7.11 Å². The lowest BCUT2D eigenvalue weighted by molar-refractivity contribution is -0.0508. The number of rotatable bonds is 6. The summed E-state index contributed by atoms with van der Waals surface area (Å²) in [5.74, 6) is 0.837. The Morgan fingerprint density at radius 3 is 2.43 bits per heavy atom. The number of hydrogen-bond donors (Lipinski definition) is 1. The topological polar surface area (TPSA) is 29.5 Å². The largest absolute Gasteiger partial charge is 0.496 e. The van der Waals surface area contributed by atoms with Gasteiger partial charge in [-0.3, -0.25) is 0 Å². The van der Waals surface area contributed by atoms with Gasteiger partial charge in [0.05, 0.1) is 12.7 Å². The lowest BCUT2D eigenvalue weighted by Gasteiger charge is -2.40. The lowest BCUT2D eigenvalue weighted by atomic mass is 9.69. The molecule has 1 heterocycles. The minimum Gasteiger partial charge on any atom is -0.496 e. The summed E-state index contributed by atoms with van der Waals surface area (Å²) >= 11 is 1.70. The maximum atomic E-state index is 11.1. The highest BCUT2D eigenvalue weighted by molar-refractivity contribution is 7.07. The van der Waals surface area contributed by atoms with E-state index >= 15 is 0 Å². The van der Waals surface area contributed by atoms with Gasteiger partial charge in [-0.1, -0.05) is 32.0 Å². The van der Waals surface area contributed by atoms with Crippen LogP contribution in [-0.4, -0.2) is 17.8 Å². The van der Waals surface area contributed by atoms with Crippen molar-refractivity contribution in [1.82, 2.24) is 0 Å². The van der Waals surface area contributed by atoms with Gasteiger partial charge in [-0.2, -0.15) is 11.3 Å². The first kappa shape index (κ1) is 16.1. The smallest absolute Gasteiger partial charge is 0.122 e. The fourth-order valence-electron chi connectivity index (χ4n) is 2.55. The molecule has 1 unspecified atom stereocenters. The summed E-state index contributed by atoms with van der Waals surface area (Å²) < 4.78 is 5.40. The molecule has 0 bridgehead atoms. The van der Waals surface area contributed by atoms with Crippen molar-refractivity contribution >= 4 is 11.3 Å². The van der Waals surface area contributed by atoms with Gasteiger partial charge in [0.15, 0.2) is 0 Å². The van der Waals surface area contributed by atoms with Gasteiger partial charge in [0.25, 0.3) is 0 Å². The molecule has 0 amide bonds. The summed E-state index contributed by atoms with van der Waals surface area (Å²) in [6, 6.07) is 10.0. The molecule has 114 valence electrons. The van der Waals surface area contributed by atoms with Crippen LogP contribution in [0.4, 0.5) is 0 Å². The average molecular weight is 304 g/mol. The summed E-state index contributed by atoms with van der Waals surface area (Å²) in [6.07, 6.45) is 1.44. The summed E-state index contributed by atoms with van der Waals surface area (Å²) in [4.78, 5) is 0. The summed E-state index contributed by atoms with van der Waals surface area (Å²) in [6.45, 7) is 6.17. The first-order chi connectivity index (χ1) is 9.86. The monoisotopic (exact) mass is 304 g/mol. The van der Waals surface area contributed by atoms with E-state index in [0.29, 0.717) is 6.42 Å². The number of para-hydroxylation sites is 1. The van der Waals surface area contributed by atoms with Crippen LogP contribution in [0.1, 0.15) is 31.9 Å². The van der Waals surface area contributed by atoms with Gasteiger partial charge >= 0.3 is 0 Å². The molecule has 21 heavy (non-hydrogen) atoms. The fraction of sp³-hybridized carbons (Fsp3) is 0.444. The molecule has 1 aromatic heterocycles. The van der Waals surface area contributed by atoms with E-state index in [1.807, 2.05) is 31.2 Å². The van der Waals surface area contributed by atoms with E-state index < -0.39 is 5.60 Å². The molecule has 0 aliphatic carbocycles. The average Bonchev–Trinajstić information content (AvgIpc) is 2.91. The summed E-state index contributed by atoms with van der Waals surface area (Å²) in [5, 5.41) is 15.3. The van der Waals surface area contributed by atoms with Gasteiger partial charge in [-0.15, -0.1) is 0 Å². The van der Waals surface area contributed by atoms with Gasteiger partial charge in [-0.05, 0) is 52.8 Å². The van der Waals surface area contributed by atoms with Crippen LogP contribution in [0.15, 0.2) is 41.1 Å². The minimum absolute atomic E-state index is 0.227. The number of thiophene rings is 1. The zero-order chi connectivity index (χ0) is 15.5. The predicted molar refractivity (Wildman–Crippen MR) is 89.1 cm³/mol. The highest BCUT2D eigenvalue weighted by Crippen LogP contribution is 2.38. The Balaban J connectivity index is 2.20. The van der Waals surface area contributed by atoms with E-state index in [0.717, 1.165) is 17.7 Å². The van der Waals surface area contributed by atoms with Crippen molar-refractivity contribution in [3.05, 3.63) is 52.2 Å². The summed E-state index contributed by atoms with van der Waals surface area (Å²) in [5.41, 5.74) is 1.28. The molecular formula is C18H24O2S. The third-order valence-electron chi connectivity index (χ3n) is 4.41. The van der Waals surface area contributed by atoms with Crippen LogP contribution in [0.25, 0.3) is 0 Å². The molecule has 0 aliphatic heterocycles. The van der Waals surface area contributed by atoms with E-state index in [2.05, 4.69) is 30.7 Å². The van der Waals surface area contributed by atoms with Crippen molar-refractivity contribution in [3.8, 4) is 5.75 Å². The summed E-state index contributed by atoms with van der Waals surface area (Å²) in [7, 11) is 1.67. The SMILES string of the molecule is COc1ccccc1CC(C)(O)C(C)(C)Cc1ccsc1. The highest BCUT2D eigenvalue weighted by Gasteiger charge is 2.39. The predicted octanol–water partition coefficient (Wildman–Crippen LogP) is 4.32. The van der Waals surface area contributed by atoms with E-state index in [1.54, 1.807) is 18.4 Å². The zero-order valence-corrected chi connectivity index (χ0v) is 14.0. The fourth-order valence-corrected chi connectivity index (χ4v) is 3.22. The van der Waals surface area contributed by atoms with Gasteiger partial charge in [0.2, 0.25) is 0 Å². The number of benzene rings is 1. The Hall–Kier alpha value is -1.32. The number of hydrogen-bond acceptors (Lipinski definition) is 3. The highest BCUT2D eigenvalue weighted by atomic mass is 32.1. The first-order valence-electron chi connectivity index (χ1n) is 7.21. The zero-order valence-electron chi connectivity index (χ0n) is 13.2. The molecule has 2 rings (SSSR count). The van der Waals surface area contributed by atoms with Crippen LogP contribution >= 0.6 is 11.3 Å². The van der Waals surface area contributed by atoms with E-state index in [9.17, 15) is 5.11 Å². The van der Waals surface area contributed by atoms with Crippen LogP contribution in [0.2, 0.25) is 0 Å². The van der Waals surface area contributed by atoms with Crippen LogP contribution in [0.3, 0.4) is 0 Å². The minimum atomic E-state index is -0.816. The van der Waals surface area contributed by atoms with Crippen molar-refractivity contribution in [2.24, 2.45) is 5.41 Å². The number of methoxy groups -OCH3 is 1. The van der Waals surface area contributed by atoms with Crippen molar-refractivity contribution in [1.29, 1.82) is 0 Å². The van der Waals surface area contributed by atoms with E-state index in [-0.39, 0.29) is 5.41 Å². The molecular weight excluding hydrogens is 280 g/mol. The lowest BCUT2D eigenvalue weighted by Crippen LogP contribution is -2.45. The Bertz CT molecular complexity index is 571. The Labute approximate surface area is 131 Å². The van der Waals surface area contributed by atoms with E-state index in [4.69, 9.17) is 4.74 Å². The molecule has 0 fully saturated rings. The molecule has 2 nitrogen and oxygen atoms in total. The van der Waals surface area contributed by atoms with Crippen LogP contribution < -0.4 is 4.74 Å². The van der Waals surface area contributed by atoms with Gasteiger partial charge in [0.1, 0.15) is 5.75 Å². The quantitative estimate of drug-likeness (QED) is 0.861. The number of aliphatic hydroxyl groups is 1. The van der Waals surface area contributed by atoms with Crippen LogP contribution in [0.5, 0.6) is 5.75 Å². The van der Waals surface area contributed by atoms with Gasteiger partial charge in [0, 0.05) is 6.42 Å². The number of ether oxygens (including phenoxy) is 1. The van der Waals surface area contributed by atoms with Crippen molar-refractivity contribution in [3.63, 3.8) is 0 Å². The second-order valence-corrected chi connectivity index (χ2v) is 7.23. The normalized spacial score (nSPS) is 14.7. The van der Waals surface area contributed by atoms with E-state index in [1.165, 1.54) is 5.56 Å². The molecule has 0 aliphatic rings. The van der Waals surface area contributed by atoms with Crippen LogP contribution in [0, 0.1) is 5.41 Å². The maximum Gasteiger partial charge on any atom is 0.122 e. The Kier molecular flexibility index (Phi) is 4.74. The second-order valence-electron chi connectivity index (χ2n) is 6.45. The van der Waals surface area contributed by atoms with Gasteiger partial charge in [-0.25, -0.2) is 0 Å². The third-order valence-corrected chi connectivity index (χ3v) is 5.14. The van der Waals surface area contributed by atoms with Crippen molar-refractivity contribution < 1.29 is 9.84 Å². The standard InChI is InChI=1S/C18H24O2S/c1-17(2,11-14-9-10-21-13-14)18(3,19)12-15-7-5-6-8-16(15)20-4/h5-10,13,19H,11-12H2,1-4H3. The van der Waals surface area contributed by atoms with Gasteiger partial charge < -0.3 is 9.84 Å². The first-order valence-corrected chi connectivity index (χ1v) is 8.15. The molecule has 2 aromatic rings. The molecule has 0 radical (unpaired) electrons. The Morgan fingerprint density at radius 1 is 1.10 bits per heavy atom. The Morgan fingerprint density at radius 2 is 1.81 bits per heavy atom. The molecule has 0 saturated heterocycles. The molecule has 0 saturated carbocycles. The molecule has 0 spiro atoms. The van der Waals surface area contributed by atoms with Crippen LogP contribution in [-0.2, 0) is 12.8 Å². The maximum absolute atomic E-state index is 11.1. The second kappa shape index (κ2) is 6.20. The molecule has 3 heteroatoms. The molecule has 1 N–H and O–H groups in total.